The number of benzene rings is 2. The minimum absolute atomic E-state index is 0.108. The van der Waals surface area contributed by atoms with Crippen LogP contribution in [0.5, 0.6) is 0 Å². The fourth-order valence-corrected chi connectivity index (χ4v) is 2.40. The second-order valence-corrected chi connectivity index (χ2v) is 6.12. The van der Waals surface area contributed by atoms with Crippen molar-refractivity contribution in [2.45, 2.75) is 20.0 Å². The van der Waals surface area contributed by atoms with Crippen molar-refractivity contribution in [3.05, 3.63) is 71.3 Å². The monoisotopic (exact) mass is 344 g/mol. The van der Waals surface area contributed by atoms with Crippen molar-refractivity contribution in [1.29, 1.82) is 0 Å². The van der Waals surface area contributed by atoms with Gasteiger partial charge < -0.3 is 9.47 Å². The average Bonchev–Trinajstić information content (AvgIpc) is 2.66. The number of methoxy groups -OCH3 is 1. The molecule has 0 radical (unpaired) electrons. The van der Waals surface area contributed by atoms with E-state index in [2.05, 4.69) is 4.74 Å². The standard InChI is InChI=1S/C20H21FO4/c1-20(14-21,19(23)25-13-16-6-4-3-5-7-16)12-15-8-10-17(11-9-15)18(22)24-2/h3-11H,12-14H2,1-2H3. The van der Waals surface area contributed by atoms with Crippen molar-refractivity contribution in [3.8, 4) is 0 Å². The average molecular weight is 344 g/mol. The van der Waals surface area contributed by atoms with Crippen LogP contribution in [-0.2, 0) is 27.3 Å². The Labute approximate surface area is 146 Å². The molecule has 0 aliphatic rings. The first-order chi connectivity index (χ1) is 12.0. The molecule has 4 nitrogen and oxygen atoms in total. The molecule has 0 fully saturated rings. The Bertz CT molecular complexity index is 712. The topological polar surface area (TPSA) is 52.6 Å². The number of halogens is 1. The Morgan fingerprint density at radius 1 is 1.00 bits per heavy atom. The summed E-state index contributed by atoms with van der Waals surface area (Å²) in [6, 6.07) is 15.8. The quantitative estimate of drug-likeness (QED) is 0.718. The van der Waals surface area contributed by atoms with Gasteiger partial charge in [-0.1, -0.05) is 42.5 Å². The molecule has 2 aromatic carbocycles. The molecule has 1 unspecified atom stereocenters. The van der Waals surface area contributed by atoms with E-state index in [1.54, 1.807) is 24.3 Å². The molecule has 0 aromatic heterocycles. The number of rotatable bonds is 7. The van der Waals surface area contributed by atoms with Crippen molar-refractivity contribution in [1.82, 2.24) is 0 Å². The van der Waals surface area contributed by atoms with E-state index >= 15 is 0 Å². The van der Waals surface area contributed by atoms with E-state index in [4.69, 9.17) is 4.74 Å². The van der Waals surface area contributed by atoms with Gasteiger partial charge in [-0.05, 0) is 36.6 Å². The predicted molar refractivity (Wildman–Crippen MR) is 91.8 cm³/mol. The highest BCUT2D eigenvalue weighted by molar-refractivity contribution is 5.89. The Morgan fingerprint density at radius 3 is 2.20 bits per heavy atom. The molecule has 0 amide bonds. The molecule has 1 atom stereocenters. The smallest absolute Gasteiger partial charge is 0.337 e. The number of esters is 2. The van der Waals surface area contributed by atoms with Gasteiger partial charge in [0.2, 0.25) is 0 Å². The molecule has 0 aliphatic carbocycles. The van der Waals surface area contributed by atoms with Gasteiger partial charge in [0.05, 0.1) is 18.1 Å². The lowest BCUT2D eigenvalue weighted by Gasteiger charge is -2.24. The first-order valence-corrected chi connectivity index (χ1v) is 7.93. The lowest BCUT2D eigenvalue weighted by Crippen LogP contribution is -2.34. The Balaban J connectivity index is 2.03. The fourth-order valence-electron chi connectivity index (χ4n) is 2.40. The van der Waals surface area contributed by atoms with Crippen molar-refractivity contribution >= 4 is 11.9 Å². The van der Waals surface area contributed by atoms with Crippen molar-refractivity contribution in [2.75, 3.05) is 13.8 Å². The van der Waals surface area contributed by atoms with E-state index in [1.807, 2.05) is 30.3 Å². The summed E-state index contributed by atoms with van der Waals surface area (Å²) >= 11 is 0. The molecule has 0 N–H and O–H groups in total. The molecule has 0 aliphatic heterocycles. The van der Waals surface area contributed by atoms with E-state index in [1.165, 1.54) is 14.0 Å². The van der Waals surface area contributed by atoms with E-state index in [0.717, 1.165) is 11.1 Å². The zero-order valence-corrected chi connectivity index (χ0v) is 14.3. The van der Waals surface area contributed by atoms with Crippen LogP contribution in [0.4, 0.5) is 4.39 Å². The third-order valence-electron chi connectivity index (χ3n) is 3.97. The SMILES string of the molecule is COC(=O)c1ccc(CC(C)(CF)C(=O)OCc2ccccc2)cc1. The van der Waals surface area contributed by atoms with Gasteiger partial charge in [0.25, 0.3) is 0 Å². The van der Waals surface area contributed by atoms with Crippen molar-refractivity contribution in [3.63, 3.8) is 0 Å². The predicted octanol–water partition coefficient (Wildman–Crippen LogP) is 3.73. The van der Waals surface area contributed by atoms with Crippen molar-refractivity contribution in [2.24, 2.45) is 5.41 Å². The number of hydrogen-bond donors (Lipinski definition) is 0. The largest absolute Gasteiger partial charge is 0.465 e. The van der Waals surface area contributed by atoms with E-state index < -0.39 is 24.0 Å². The van der Waals surface area contributed by atoms with Crippen LogP contribution in [0.15, 0.2) is 54.6 Å². The highest BCUT2D eigenvalue weighted by atomic mass is 19.1. The number of carbonyl (C=O) groups excluding carboxylic acids is 2. The van der Waals surface area contributed by atoms with Gasteiger partial charge in [-0.15, -0.1) is 0 Å². The zero-order chi connectivity index (χ0) is 18.3. The summed E-state index contributed by atoms with van der Waals surface area (Å²) in [5, 5.41) is 0. The number of carbonyl (C=O) groups is 2. The summed E-state index contributed by atoms with van der Waals surface area (Å²) in [4.78, 5) is 23.8. The first kappa shape index (κ1) is 18.6. The molecular formula is C20H21FO4. The van der Waals surface area contributed by atoms with Crippen LogP contribution in [0.1, 0.15) is 28.4 Å². The lowest BCUT2D eigenvalue weighted by atomic mass is 9.84. The maximum atomic E-state index is 13.6. The molecule has 132 valence electrons. The maximum Gasteiger partial charge on any atom is 0.337 e. The molecule has 25 heavy (non-hydrogen) atoms. The van der Waals surface area contributed by atoms with Gasteiger partial charge in [0, 0.05) is 0 Å². The van der Waals surface area contributed by atoms with E-state index in [9.17, 15) is 14.0 Å². The van der Waals surface area contributed by atoms with Crippen molar-refractivity contribution < 1.29 is 23.5 Å². The summed E-state index contributed by atoms with van der Waals surface area (Å²) < 4.78 is 23.5. The summed E-state index contributed by atoms with van der Waals surface area (Å²) in [6.45, 7) is 0.810. The molecule has 0 bridgehead atoms. The highest BCUT2D eigenvalue weighted by Gasteiger charge is 2.35. The molecule has 5 heteroatoms. The van der Waals surface area contributed by atoms with Gasteiger partial charge in [-0.3, -0.25) is 4.79 Å². The van der Waals surface area contributed by atoms with Crippen LogP contribution in [-0.4, -0.2) is 25.7 Å². The third kappa shape index (κ3) is 4.89. The van der Waals surface area contributed by atoms with Gasteiger partial charge in [-0.2, -0.15) is 0 Å². The summed E-state index contributed by atoms with van der Waals surface area (Å²) in [5.74, 6) is -1.03. The molecule has 0 spiro atoms. The molecule has 2 rings (SSSR count). The number of alkyl halides is 1. The van der Waals surface area contributed by atoms with Crippen LogP contribution in [0.2, 0.25) is 0 Å². The van der Waals surface area contributed by atoms with Crippen LogP contribution in [0.3, 0.4) is 0 Å². The Hall–Kier alpha value is -2.69. The second kappa shape index (κ2) is 8.42. The summed E-state index contributed by atoms with van der Waals surface area (Å²) in [7, 11) is 1.30. The molecule has 0 saturated carbocycles. The van der Waals surface area contributed by atoms with E-state index in [-0.39, 0.29) is 13.0 Å². The second-order valence-electron chi connectivity index (χ2n) is 6.12. The maximum absolute atomic E-state index is 13.6. The van der Waals surface area contributed by atoms with Crippen LogP contribution >= 0.6 is 0 Å². The number of hydrogen-bond acceptors (Lipinski definition) is 4. The van der Waals surface area contributed by atoms with Gasteiger partial charge in [0.15, 0.2) is 0 Å². The first-order valence-electron chi connectivity index (χ1n) is 7.93. The van der Waals surface area contributed by atoms with Crippen LogP contribution in [0.25, 0.3) is 0 Å². The van der Waals surface area contributed by atoms with Gasteiger partial charge >= 0.3 is 11.9 Å². The normalized spacial score (nSPS) is 12.9. The minimum atomic E-state index is -1.28. The molecular weight excluding hydrogens is 323 g/mol. The van der Waals surface area contributed by atoms with Crippen LogP contribution in [0, 0.1) is 5.41 Å². The number of ether oxygens (including phenoxy) is 2. The minimum Gasteiger partial charge on any atom is -0.465 e. The van der Waals surface area contributed by atoms with Gasteiger partial charge in [-0.25, -0.2) is 9.18 Å². The third-order valence-corrected chi connectivity index (χ3v) is 3.97. The highest BCUT2D eigenvalue weighted by Crippen LogP contribution is 2.26. The summed E-state index contributed by atoms with van der Waals surface area (Å²) in [5.41, 5.74) is 0.713. The molecule has 2 aromatic rings. The Kier molecular flexibility index (Phi) is 6.28. The Morgan fingerprint density at radius 2 is 1.64 bits per heavy atom. The van der Waals surface area contributed by atoms with Gasteiger partial charge in [0.1, 0.15) is 13.3 Å². The lowest BCUT2D eigenvalue weighted by molar-refractivity contribution is -0.157. The molecule has 0 saturated heterocycles. The summed E-state index contributed by atoms with van der Waals surface area (Å²) in [6.07, 6.45) is 0.179. The van der Waals surface area contributed by atoms with Crippen LogP contribution < -0.4 is 0 Å². The fraction of sp³-hybridized carbons (Fsp3) is 0.300. The molecule has 0 heterocycles. The van der Waals surface area contributed by atoms with E-state index in [0.29, 0.717) is 5.56 Å². The zero-order valence-electron chi connectivity index (χ0n) is 14.3.